The first-order chi connectivity index (χ1) is 13.7. The monoisotopic (exact) mass is 388 g/mol. The highest BCUT2D eigenvalue weighted by atomic mass is 14.0. The van der Waals surface area contributed by atoms with Gasteiger partial charge in [-0.15, -0.1) is 0 Å². The van der Waals surface area contributed by atoms with Crippen molar-refractivity contribution < 1.29 is 0 Å². The first-order valence-electron chi connectivity index (χ1n) is 12.6. The van der Waals surface area contributed by atoms with Crippen LogP contribution in [0.3, 0.4) is 0 Å². The van der Waals surface area contributed by atoms with Crippen molar-refractivity contribution in [3.8, 4) is 0 Å². The molecule has 0 aliphatic rings. The molecule has 0 aliphatic heterocycles. The zero-order chi connectivity index (χ0) is 20.7. The average molecular weight is 389 g/mol. The molecule has 0 saturated carbocycles. The second-order valence-electron chi connectivity index (χ2n) is 8.95. The molecular formula is C28H52. The maximum Gasteiger partial charge on any atom is -0.0288 e. The van der Waals surface area contributed by atoms with Crippen LogP contribution in [0.1, 0.15) is 143 Å². The van der Waals surface area contributed by atoms with Crippen molar-refractivity contribution in [3.63, 3.8) is 0 Å². The predicted molar refractivity (Wildman–Crippen MR) is 131 cm³/mol. The van der Waals surface area contributed by atoms with E-state index in [9.17, 15) is 0 Å². The van der Waals surface area contributed by atoms with Gasteiger partial charge >= 0.3 is 0 Å². The predicted octanol–water partition coefficient (Wildman–Crippen LogP) is 10.5. The lowest BCUT2D eigenvalue weighted by Crippen LogP contribution is -1.82. The van der Waals surface area contributed by atoms with Gasteiger partial charge in [0.05, 0.1) is 0 Å². The molecule has 0 N–H and O–H groups in total. The molecule has 0 amide bonds. The molecule has 0 radical (unpaired) electrons. The standard InChI is InChI=1S/C28H52/c1-5-6-7-8-9-10-11-12-13-14-15-16-17-18-19-20-21-22-25-28(4)26-23-24-27(2)3/h12-13,24-25H,5-11,14-23,26H2,1-4H3/b13-12-,28-25+. The van der Waals surface area contributed by atoms with Crippen molar-refractivity contribution in [1.82, 2.24) is 0 Å². The molecule has 0 fully saturated rings. The maximum atomic E-state index is 2.47. The van der Waals surface area contributed by atoms with E-state index in [2.05, 4.69) is 52.0 Å². The summed E-state index contributed by atoms with van der Waals surface area (Å²) in [5, 5.41) is 0. The van der Waals surface area contributed by atoms with Crippen LogP contribution in [0.5, 0.6) is 0 Å². The van der Waals surface area contributed by atoms with Gasteiger partial charge in [0.15, 0.2) is 0 Å². The number of unbranched alkanes of at least 4 members (excludes halogenated alkanes) is 14. The van der Waals surface area contributed by atoms with Gasteiger partial charge in [-0.25, -0.2) is 0 Å². The van der Waals surface area contributed by atoms with Crippen molar-refractivity contribution in [2.24, 2.45) is 0 Å². The lowest BCUT2D eigenvalue weighted by molar-refractivity contribution is 0.582. The molecule has 0 unspecified atom stereocenters. The van der Waals surface area contributed by atoms with Gasteiger partial charge in [0.25, 0.3) is 0 Å². The summed E-state index contributed by atoms with van der Waals surface area (Å²) in [6.07, 6.45) is 34.4. The fourth-order valence-corrected chi connectivity index (χ4v) is 3.61. The molecule has 0 rings (SSSR count). The summed E-state index contributed by atoms with van der Waals surface area (Å²) >= 11 is 0. The van der Waals surface area contributed by atoms with Gasteiger partial charge in [0.2, 0.25) is 0 Å². The molecule has 0 aliphatic carbocycles. The molecular weight excluding hydrogens is 336 g/mol. The van der Waals surface area contributed by atoms with Crippen LogP contribution in [0.15, 0.2) is 35.5 Å². The second-order valence-corrected chi connectivity index (χ2v) is 8.95. The number of rotatable bonds is 20. The summed E-state index contributed by atoms with van der Waals surface area (Å²) in [5.41, 5.74) is 3.01. The lowest BCUT2D eigenvalue weighted by Gasteiger charge is -2.02. The number of hydrogen-bond donors (Lipinski definition) is 0. The third kappa shape index (κ3) is 23.3. The van der Waals surface area contributed by atoms with Crippen LogP contribution in [-0.2, 0) is 0 Å². The van der Waals surface area contributed by atoms with Gasteiger partial charge < -0.3 is 0 Å². The topological polar surface area (TPSA) is 0 Å². The van der Waals surface area contributed by atoms with Crippen LogP contribution in [0.2, 0.25) is 0 Å². The molecule has 0 aromatic carbocycles. The second kappa shape index (κ2) is 22.5. The summed E-state index contributed by atoms with van der Waals surface area (Å²) in [7, 11) is 0. The molecule has 0 spiro atoms. The zero-order valence-electron chi connectivity index (χ0n) is 20.0. The fourth-order valence-electron chi connectivity index (χ4n) is 3.61. The van der Waals surface area contributed by atoms with E-state index in [4.69, 9.17) is 0 Å². The van der Waals surface area contributed by atoms with Crippen LogP contribution in [0, 0.1) is 0 Å². The highest BCUT2D eigenvalue weighted by molar-refractivity contribution is 5.01. The van der Waals surface area contributed by atoms with Crippen LogP contribution >= 0.6 is 0 Å². The molecule has 0 nitrogen and oxygen atoms in total. The Hall–Kier alpha value is -0.780. The van der Waals surface area contributed by atoms with Gasteiger partial charge in [0.1, 0.15) is 0 Å². The minimum Gasteiger partial charge on any atom is -0.0885 e. The normalized spacial score (nSPS) is 12.1. The molecule has 164 valence electrons. The molecule has 0 bridgehead atoms. The van der Waals surface area contributed by atoms with E-state index in [-0.39, 0.29) is 0 Å². The van der Waals surface area contributed by atoms with E-state index in [0.29, 0.717) is 0 Å². The Labute approximate surface area is 179 Å². The average Bonchev–Trinajstić information content (AvgIpc) is 2.66. The summed E-state index contributed by atoms with van der Waals surface area (Å²) in [4.78, 5) is 0. The van der Waals surface area contributed by atoms with Gasteiger partial charge in [-0.3, -0.25) is 0 Å². The first kappa shape index (κ1) is 27.2. The number of hydrogen-bond acceptors (Lipinski definition) is 0. The van der Waals surface area contributed by atoms with Gasteiger partial charge in [-0.05, 0) is 72.1 Å². The molecule has 0 aromatic heterocycles. The minimum absolute atomic E-state index is 1.21. The Kier molecular flexibility index (Phi) is 21.9. The smallest absolute Gasteiger partial charge is 0.0288 e. The molecule has 0 heteroatoms. The quantitative estimate of drug-likeness (QED) is 0.144. The van der Waals surface area contributed by atoms with E-state index >= 15 is 0 Å². The van der Waals surface area contributed by atoms with E-state index in [0.717, 1.165) is 0 Å². The molecule has 28 heavy (non-hydrogen) atoms. The van der Waals surface area contributed by atoms with Crippen molar-refractivity contribution in [2.45, 2.75) is 143 Å². The third-order valence-electron chi connectivity index (χ3n) is 5.55. The third-order valence-corrected chi connectivity index (χ3v) is 5.55. The lowest BCUT2D eigenvalue weighted by atomic mass is 10.0. The van der Waals surface area contributed by atoms with Crippen molar-refractivity contribution in [2.75, 3.05) is 0 Å². The highest BCUT2D eigenvalue weighted by Crippen LogP contribution is 2.13. The Bertz CT molecular complexity index is 392. The van der Waals surface area contributed by atoms with Gasteiger partial charge in [0, 0.05) is 0 Å². The van der Waals surface area contributed by atoms with E-state index in [1.807, 2.05) is 0 Å². The van der Waals surface area contributed by atoms with E-state index < -0.39 is 0 Å². The Morgan fingerprint density at radius 3 is 1.46 bits per heavy atom. The number of allylic oxidation sites excluding steroid dienone is 6. The Balaban J connectivity index is 3.27. The Morgan fingerprint density at radius 1 is 0.500 bits per heavy atom. The van der Waals surface area contributed by atoms with Gasteiger partial charge in [-0.2, -0.15) is 0 Å². The summed E-state index contributed by atoms with van der Waals surface area (Å²) < 4.78 is 0. The fraction of sp³-hybridized carbons (Fsp3) is 0.786. The molecule has 0 saturated heterocycles. The molecule has 0 heterocycles. The SMILES string of the molecule is CCCCCCCC/C=C\CCCCCCCCC/C=C(\C)CCC=C(C)C. The highest BCUT2D eigenvalue weighted by Gasteiger charge is 1.93. The summed E-state index contributed by atoms with van der Waals surface area (Å²) in [6, 6.07) is 0. The molecule has 0 atom stereocenters. The van der Waals surface area contributed by atoms with Crippen LogP contribution < -0.4 is 0 Å². The first-order valence-corrected chi connectivity index (χ1v) is 12.6. The van der Waals surface area contributed by atoms with E-state index in [1.54, 1.807) is 5.57 Å². The Morgan fingerprint density at radius 2 is 0.964 bits per heavy atom. The zero-order valence-corrected chi connectivity index (χ0v) is 20.0. The molecule has 0 aromatic rings. The largest absolute Gasteiger partial charge is 0.0885 e. The van der Waals surface area contributed by atoms with Crippen LogP contribution in [0.4, 0.5) is 0 Å². The van der Waals surface area contributed by atoms with Crippen molar-refractivity contribution >= 4 is 0 Å². The van der Waals surface area contributed by atoms with Crippen molar-refractivity contribution in [3.05, 3.63) is 35.5 Å². The van der Waals surface area contributed by atoms with Gasteiger partial charge in [-0.1, -0.05) is 107 Å². The van der Waals surface area contributed by atoms with Crippen LogP contribution in [-0.4, -0.2) is 0 Å². The summed E-state index contributed by atoms with van der Waals surface area (Å²) in [6.45, 7) is 8.96. The van der Waals surface area contributed by atoms with Crippen molar-refractivity contribution in [1.29, 1.82) is 0 Å². The summed E-state index contributed by atoms with van der Waals surface area (Å²) in [5.74, 6) is 0. The maximum absolute atomic E-state index is 2.47. The van der Waals surface area contributed by atoms with Crippen LogP contribution in [0.25, 0.3) is 0 Å². The minimum atomic E-state index is 1.21. The van der Waals surface area contributed by atoms with E-state index in [1.165, 1.54) is 121 Å².